The van der Waals surface area contributed by atoms with Crippen molar-refractivity contribution in [3.05, 3.63) is 0 Å². The van der Waals surface area contributed by atoms with E-state index >= 15 is 0 Å². The van der Waals surface area contributed by atoms with Crippen LogP contribution in [0.4, 0.5) is 0 Å². The van der Waals surface area contributed by atoms with Gasteiger partial charge in [0.2, 0.25) is 0 Å². The lowest BCUT2D eigenvalue weighted by Gasteiger charge is -2.21. The van der Waals surface area contributed by atoms with Crippen molar-refractivity contribution in [3.8, 4) is 0 Å². The molecule has 1 saturated heterocycles. The van der Waals surface area contributed by atoms with Crippen molar-refractivity contribution in [3.63, 3.8) is 0 Å². The number of sulfone groups is 1. The molecule has 1 aliphatic carbocycles. The van der Waals surface area contributed by atoms with Crippen LogP contribution in [-0.4, -0.2) is 31.0 Å². The van der Waals surface area contributed by atoms with Crippen LogP contribution in [0.1, 0.15) is 19.3 Å². The highest BCUT2D eigenvalue weighted by Crippen LogP contribution is 2.59. The first-order chi connectivity index (χ1) is 5.95. The molecule has 74 valence electrons. The fraction of sp³-hybridized carbons (Fsp3) is 0.875. The minimum atomic E-state index is -2.86. The summed E-state index contributed by atoms with van der Waals surface area (Å²) in [5.74, 6) is -0.685. The van der Waals surface area contributed by atoms with E-state index in [-0.39, 0.29) is 22.8 Å². The van der Waals surface area contributed by atoms with Crippen LogP contribution >= 0.6 is 0 Å². The highest BCUT2D eigenvalue weighted by molar-refractivity contribution is 7.91. The Labute approximate surface area is 76.9 Å². The van der Waals surface area contributed by atoms with Gasteiger partial charge in [-0.2, -0.15) is 0 Å². The van der Waals surface area contributed by atoms with Crippen molar-refractivity contribution in [2.45, 2.75) is 19.3 Å². The third-order valence-corrected chi connectivity index (χ3v) is 4.96. The summed E-state index contributed by atoms with van der Waals surface area (Å²) in [4.78, 5) is 10.6. The van der Waals surface area contributed by atoms with E-state index in [9.17, 15) is 13.2 Å². The Hall–Kier alpha value is -0.580. The van der Waals surface area contributed by atoms with Crippen molar-refractivity contribution in [1.82, 2.24) is 0 Å². The van der Waals surface area contributed by atoms with Gasteiger partial charge in [0.25, 0.3) is 0 Å². The molecular formula is C8H12O4S. The Bertz CT molecular complexity index is 329. The SMILES string of the molecule is O=C(O)[C@H]1CC12CCS(=O)(=O)CC2. The number of carboxylic acids is 1. The van der Waals surface area contributed by atoms with Crippen LogP contribution in [0.25, 0.3) is 0 Å². The fourth-order valence-electron chi connectivity index (χ4n) is 2.19. The monoisotopic (exact) mass is 204 g/mol. The maximum Gasteiger partial charge on any atom is 0.307 e. The van der Waals surface area contributed by atoms with E-state index < -0.39 is 15.8 Å². The number of carbonyl (C=O) groups is 1. The Kier molecular flexibility index (Phi) is 1.71. The fourth-order valence-corrected chi connectivity index (χ4v) is 3.83. The lowest BCUT2D eigenvalue weighted by atomic mass is 9.96. The van der Waals surface area contributed by atoms with E-state index in [1.165, 1.54) is 0 Å². The Morgan fingerprint density at radius 1 is 1.31 bits per heavy atom. The van der Waals surface area contributed by atoms with Crippen LogP contribution in [0.15, 0.2) is 0 Å². The summed E-state index contributed by atoms with van der Waals surface area (Å²) in [6.45, 7) is 0. The number of carboxylic acid groups (broad SMARTS) is 1. The van der Waals surface area contributed by atoms with Gasteiger partial charge in [0, 0.05) is 0 Å². The summed E-state index contributed by atoms with van der Waals surface area (Å²) in [6, 6.07) is 0. The normalized spacial score (nSPS) is 34.3. The first-order valence-corrected chi connectivity index (χ1v) is 6.21. The summed E-state index contributed by atoms with van der Waals surface area (Å²) in [6.07, 6.45) is 1.77. The van der Waals surface area contributed by atoms with Crippen molar-refractivity contribution in [1.29, 1.82) is 0 Å². The van der Waals surface area contributed by atoms with Gasteiger partial charge in [0.05, 0.1) is 17.4 Å². The molecule has 1 atom stereocenters. The molecule has 0 aromatic rings. The predicted molar refractivity (Wildman–Crippen MR) is 46.1 cm³/mol. The van der Waals surface area contributed by atoms with E-state index in [0.29, 0.717) is 19.3 Å². The minimum Gasteiger partial charge on any atom is -0.481 e. The Morgan fingerprint density at radius 3 is 2.23 bits per heavy atom. The van der Waals surface area contributed by atoms with Gasteiger partial charge < -0.3 is 5.11 Å². The van der Waals surface area contributed by atoms with Gasteiger partial charge in [-0.15, -0.1) is 0 Å². The molecule has 0 amide bonds. The molecule has 4 nitrogen and oxygen atoms in total. The molecule has 0 bridgehead atoms. The van der Waals surface area contributed by atoms with Gasteiger partial charge in [0.1, 0.15) is 9.84 Å². The van der Waals surface area contributed by atoms with Crippen molar-refractivity contribution in [2.75, 3.05) is 11.5 Å². The number of hydrogen-bond acceptors (Lipinski definition) is 3. The van der Waals surface area contributed by atoms with Gasteiger partial charge in [-0.25, -0.2) is 8.42 Å². The Morgan fingerprint density at radius 2 is 1.85 bits per heavy atom. The first kappa shape index (κ1) is 8.99. The maximum atomic E-state index is 11.1. The maximum absolute atomic E-state index is 11.1. The van der Waals surface area contributed by atoms with E-state index in [1.54, 1.807) is 0 Å². The van der Waals surface area contributed by atoms with Crippen LogP contribution < -0.4 is 0 Å². The van der Waals surface area contributed by atoms with Crippen molar-refractivity contribution < 1.29 is 18.3 Å². The van der Waals surface area contributed by atoms with Crippen LogP contribution in [0.2, 0.25) is 0 Å². The quantitative estimate of drug-likeness (QED) is 0.666. The molecular weight excluding hydrogens is 192 g/mol. The van der Waals surface area contributed by atoms with Gasteiger partial charge in [-0.05, 0) is 24.7 Å². The van der Waals surface area contributed by atoms with Gasteiger partial charge in [0.15, 0.2) is 0 Å². The number of rotatable bonds is 1. The van der Waals surface area contributed by atoms with Gasteiger partial charge in [-0.3, -0.25) is 4.79 Å². The summed E-state index contributed by atoms with van der Waals surface area (Å²) in [5, 5.41) is 8.75. The third kappa shape index (κ3) is 1.45. The molecule has 0 radical (unpaired) electrons. The zero-order chi connectivity index (χ0) is 9.69. The van der Waals surface area contributed by atoms with Crippen LogP contribution in [0.3, 0.4) is 0 Å². The second kappa shape index (κ2) is 2.47. The second-order valence-corrected chi connectivity index (χ2v) is 6.41. The highest BCUT2D eigenvalue weighted by atomic mass is 32.2. The van der Waals surface area contributed by atoms with Crippen molar-refractivity contribution in [2.24, 2.45) is 11.3 Å². The molecule has 1 saturated carbocycles. The zero-order valence-corrected chi connectivity index (χ0v) is 8.01. The summed E-state index contributed by atoms with van der Waals surface area (Å²) >= 11 is 0. The lowest BCUT2D eigenvalue weighted by Crippen LogP contribution is -2.26. The molecule has 2 aliphatic rings. The standard InChI is InChI=1S/C8H12O4S/c9-7(10)6-5-8(6)1-3-13(11,12)4-2-8/h6H,1-5H2,(H,9,10)/t6-/m1/s1. The smallest absolute Gasteiger partial charge is 0.307 e. The number of hydrogen-bond donors (Lipinski definition) is 1. The van der Waals surface area contributed by atoms with E-state index in [1.807, 2.05) is 0 Å². The summed E-state index contributed by atoms with van der Waals surface area (Å²) < 4.78 is 22.2. The first-order valence-electron chi connectivity index (χ1n) is 4.38. The molecule has 1 spiro atoms. The molecule has 2 fully saturated rings. The summed E-state index contributed by atoms with van der Waals surface area (Å²) in [5.41, 5.74) is -0.156. The van der Waals surface area contributed by atoms with Crippen molar-refractivity contribution >= 4 is 15.8 Å². The second-order valence-electron chi connectivity index (χ2n) is 4.11. The zero-order valence-electron chi connectivity index (χ0n) is 7.19. The average Bonchev–Trinajstić information content (AvgIpc) is 2.72. The largest absolute Gasteiger partial charge is 0.481 e. The van der Waals surface area contributed by atoms with E-state index in [0.717, 1.165) is 0 Å². The molecule has 0 aromatic heterocycles. The highest BCUT2D eigenvalue weighted by Gasteiger charge is 2.59. The predicted octanol–water partition coefficient (Wildman–Crippen LogP) is 0.286. The van der Waals surface area contributed by atoms with Gasteiger partial charge >= 0.3 is 5.97 Å². The topological polar surface area (TPSA) is 71.4 Å². The van der Waals surface area contributed by atoms with E-state index in [2.05, 4.69) is 0 Å². The molecule has 5 heteroatoms. The van der Waals surface area contributed by atoms with Gasteiger partial charge in [-0.1, -0.05) is 0 Å². The minimum absolute atomic E-state index is 0.156. The molecule has 0 unspecified atom stereocenters. The molecule has 1 heterocycles. The molecule has 0 aromatic carbocycles. The molecule has 1 N–H and O–H groups in total. The van der Waals surface area contributed by atoms with E-state index in [4.69, 9.17) is 5.11 Å². The molecule has 1 aliphatic heterocycles. The Balaban J connectivity index is 2.05. The lowest BCUT2D eigenvalue weighted by molar-refractivity contribution is -0.139. The van der Waals surface area contributed by atoms with Crippen LogP contribution in [0, 0.1) is 11.3 Å². The van der Waals surface area contributed by atoms with Crippen LogP contribution in [-0.2, 0) is 14.6 Å². The molecule has 2 rings (SSSR count). The molecule has 13 heavy (non-hydrogen) atoms. The van der Waals surface area contributed by atoms with Crippen LogP contribution in [0.5, 0.6) is 0 Å². The average molecular weight is 204 g/mol. The third-order valence-electron chi connectivity index (χ3n) is 3.31. The summed E-state index contributed by atoms with van der Waals surface area (Å²) in [7, 11) is -2.86. The number of aliphatic carboxylic acids is 1.